The van der Waals surface area contributed by atoms with Crippen molar-refractivity contribution in [2.75, 3.05) is 49.6 Å². The highest BCUT2D eigenvalue weighted by Gasteiger charge is 2.34. The van der Waals surface area contributed by atoms with Crippen molar-refractivity contribution in [3.8, 4) is 0 Å². The summed E-state index contributed by atoms with van der Waals surface area (Å²) in [4.78, 5) is 29.4. The van der Waals surface area contributed by atoms with E-state index in [0.717, 1.165) is 50.3 Å². The third-order valence-corrected chi connectivity index (χ3v) is 6.19. The number of benzene rings is 1. The topological polar surface area (TPSA) is 61.9 Å². The van der Waals surface area contributed by atoms with Gasteiger partial charge >= 0.3 is 0 Å². The van der Waals surface area contributed by atoms with Crippen LogP contribution in [0.5, 0.6) is 0 Å². The molecule has 0 bridgehead atoms. The lowest BCUT2D eigenvalue weighted by atomic mass is 9.97. The van der Waals surface area contributed by atoms with Gasteiger partial charge in [0.15, 0.2) is 0 Å². The summed E-state index contributed by atoms with van der Waals surface area (Å²) in [5.74, 6) is -0.234. The summed E-state index contributed by atoms with van der Waals surface area (Å²) in [6, 6.07) is 7.89. The number of nitrogens with one attached hydrogen (secondary N) is 1. The highest BCUT2D eigenvalue weighted by atomic mass is 16.5. The number of morpholine rings is 1. The number of rotatable bonds is 6. The van der Waals surface area contributed by atoms with E-state index in [-0.39, 0.29) is 17.7 Å². The summed E-state index contributed by atoms with van der Waals surface area (Å²) in [5.41, 5.74) is 3.31. The van der Waals surface area contributed by atoms with Gasteiger partial charge in [0.1, 0.15) is 0 Å². The van der Waals surface area contributed by atoms with Gasteiger partial charge in [-0.3, -0.25) is 9.59 Å². The van der Waals surface area contributed by atoms with Gasteiger partial charge in [-0.2, -0.15) is 0 Å². The Kier molecular flexibility index (Phi) is 6.49. The molecule has 156 valence electrons. The number of carbonyl (C=O) groups excluding carboxylic acids is 2. The normalized spacial score (nSPS) is 22.6. The Balaban J connectivity index is 1.34. The van der Waals surface area contributed by atoms with E-state index in [2.05, 4.69) is 16.3 Å². The summed E-state index contributed by atoms with van der Waals surface area (Å²) in [6.07, 6.45) is 8.44. The van der Waals surface area contributed by atoms with Crippen molar-refractivity contribution in [2.45, 2.75) is 38.5 Å². The largest absolute Gasteiger partial charge is 0.378 e. The van der Waals surface area contributed by atoms with Crippen molar-refractivity contribution in [3.05, 3.63) is 35.9 Å². The average Bonchev–Trinajstić information content (AvgIpc) is 3.15. The van der Waals surface area contributed by atoms with E-state index in [1.54, 1.807) is 0 Å². The van der Waals surface area contributed by atoms with Crippen molar-refractivity contribution >= 4 is 23.2 Å². The Hall–Kier alpha value is -2.34. The second-order valence-electron chi connectivity index (χ2n) is 8.20. The van der Waals surface area contributed by atoms with E-state index in [1.165, 1.54) is 18.4 Å². The van der Waals surface area contributed by atoms with Crippen LogP contribution >= 0.6 is 0 Å². The quantitative estimate of drug-likeness (QED) is 0.749. The minimum absolute atomic E-state index is 0.0570. The fourth-order valence-electron chi connectivity index (χ4n) is 4.47. The molecule has 1 aliphatic carbocycles. The van der Waals surface area contributed by atoms with Gasteiger partial charge in [0, 0.05) is 32.6 Å². The number of amides is 2. The molecule has 6 heteroatoms. The third kappa shape index (κ3) is 4.99. The molecule has 6 nitrogen and oxygen atoms in total. The molecular formula is C23H31N3O3. The van der Waals surface area contributed by atoms with Crippen molar-refractivity contribution in [3.63, 3.8) is 0 Å². The number of nitrogens with zero attached hydrogens (tertiary/aromatic N) is 2. The number of anilines is 2. The number of hydrogen-bond acceptors (Lipinski definition) is 4. The predicted molar refractivity (Wildman–Crippen MR) is 114 cm³/mol. The first-order valence-electron chi connectivity index (χ1n) is 10.9. The van der Waals surface area contributed by atoms with Crippen LogP contribution in [0.15, 0.2) is 35.9 Å². The molecule has 2 saturated heterocycles. The van der Waals surface area contributed by atoms with Crippen LogP contribution in [-0.2, 0) is 14.3 Å². The van der Waals surface area contributed by atoms with Gasteiger partial charge < -0.3 is 19.9 Å². The highest BCUT2D eigenvalue weighted by molar-refractivity contribution is 5.99. The number of hydrogen-bond donors (Lipinski definition) is 1. The van der Waals surface area contributed by atoms with Crippen LogP contribution in [0.3, 0.4) is 0 Å². The summed E-state index contributed by atoms with van der Waals surface area (Å²) < 4.78 is 5.44. The van der Waals surface area contributed by atoms with Crippen LogP contribution < -0.4 is 10.2 Å². The third-order valence-electron chi connectivity index (χ3n) is 6.19. The fourth-order valence-corrected chi connectivity index (χ4v) is 4.47. The standard InChI is InChI=1S/C23H31N3O3/c27-22-16-19(17-26(22)11-10-18-6-2-1-3-7-18)23(28)24-20-8-4-5-9-21(20)25-12-14-29-15-13-25/h4-6,8-9,19H,1-3,7,10-17H2,(H,24,28). The smallest absolute Gasteiger partial charge is 0.229 e. The lowest BCUT2D eigenvalue weighted by Crippen LogP contribution is -2.37. The Labute approximate surface area is 172 Å². The van der Waals surface area contributed by atoms with E-state index in [1.807, 2.05) is 29.2 Å². The Morgan fingerprint density at radius 1 is 1.17 bits per heavy atom. The average molecular weight is 398 g/mol. The Morgan fingerprint density at radius 3 is 2.79 bits per heavy atom. The molecule has 0 spiro atoms. The lowest BCUT2D eigenvalue weighted by molar-refractivity contribution is -0.128. The maximum absolute atomic E-state index is 12.9. The number of para-hydroxylation sites is 2. The molecule has 2 heterocycles. The molecule has 2 amide bonds. The molecule has 0 aromatic heterocycles. The monoisotopic (exact) mass is 397 g/mol. The van der Waals surface area contributed by atoms with E-state index in [0.29, 0.717) is 26.2 Å². The van der Waals surface area contributed by atoms with Crippen molar-refractivity contribution in [1.29, 1.82) is 0 Å². The van der Waals surface area contributed by atoms with Gasteiger partial charge in [-0.15, -0.1) is 0 Å². The molecule has 29 heavy (non-hydrogen) atoms. The molecule has 0 radical (unpaired) electrons. The molecule has 1 unspecified atom stereocenters. The van der Waals surface area contributed by atoms with Gasteiger partial charge in [-0.25, -0.2) is 0 Å². The minimum atomic E-state index is -0.277. The van der Waals surface area contributed by atoms with Crippen LogP contribution in [0.4, 0.5) is 11.4 Å². The molecule has 4 rings (SSSR count). The van der Waals surface area contributed by atoms with E-state index >= 15 is 0 Å². The maximum Gasteiger partial charge on any atom is 0.229 e. The summed E-state index contributed by atoms with van der Waals surface area (Å²) in [6.45, 7) is 4.29. The van der Waals surface area contributed by atoms with Gasteiger partial charge in [0.05, 0.1) is 30.5 Å². The molecule has 1 atom stereocenters. The van der Waals surface area contributed by atoms with Gasteiger partial charge in [0.25, 0.3) is 0 Å². The molecule has 1 aromatic carbocycles. The summed E-state index contributed by atoms with van der Waals surface area (Å²) in [5, 5.41) is 3.08. The predicted octanol–water partition coefficient (Wildman–Crippen LogP) is 3.20. The SMILES string of the molecule is O=C(Nc1ccccc1N1CCOCC1)C1CC(=O)N(CCC2=CCCCC2)C1. The first-order valence-corrected chi connectivity index (χ1v) is 10.9. The number of ether oxygens (including phenoxy) is 1. The Bertz CT molecular complexity index is 770. The van der Waals surface area contributed by atoms with Crippen molar-refractivity contribution in [1.82, 2.24) is 4.90 Å². The lowest BCUT2D eigenvalue weighted by Gasteiger charge is -2.30. The molecule has 1 N–H and O–H groups in total. The second-order valence-corrected chi connectivity index (χ2v) is 8.20. The summed E-state index contributed by atoms with van der Waals surface area (Å²) >= 11 is 0. The fraction of sp³-hybridized carbons (Fsp3) is 0.565. The zero-order chi connectivity index (χ0) is 20.1. The van der Waals surface area contributed by atoms with Gasteiger partial charge in [-0.1, -0.05) is 23.8 Å². The van der Waals surface area contributed by atoms with Gasteiger partial charge in [0.2, 0.25) is 11.8 Å². The zero-order valence-electron chi connectivity index (χ0n) is 17.1. The number of likely N-dealkylation sites (tertiary alicyclic amines) is 1. The molecule has 0 saturated carbocycles. The maximum atomic E-state index is 12.9. The highest BCUT2D eigenvalue weighted by Crippen LogP contribution is 2.28. The first kappa shape index (κ1) is 20.0. The summed E-state index contributed by atoms with van der Waals surface area (Å²) in [7, 11) is 0. The van der Waals surface area contributed by atoms with Crippen LogP contribution in [0.25, 0.3) is 0 Å². The number of carbonyl (C=O) groups is 2. The van der Waals surface area contributed by atoms with Crippen molar-refractivity contribution in [2.24, 2.45) is 5.92 Å². The van der Waals surface area contributed by atoms with Crippen molar-refractivity contribution < 1.29 is 14.3 Å². The molecule has 1 aromatic rings. The Morgan fingerprint density at radius 2 is 2.00 bits per heavy atom. The molecule has 2 fully saturated rings. The molecule has 2 aliphatic heterocycles. The second kappa shape index (κ2) is 9.44. The zero-order valence-corrected chi connectivity index (χ0v) is 17.1. The van der Waals surface area contributed by atoms with E-state index in [9.17, 15) is 9.59 Å². The first-order chi connectivity index (χ1) is 14.2. The molecule has 3 aliphatic rings. The van der Waals surface area contributed by atoms with Crippen LogP contribution in [0.1, 0.15) is 38.5 Å². The van der Waals surface area contributed by atoms with Crippen LogP contribution in [0, 0.1) is 5.92 Å². The number of allylic oxidation sites excluding steroid dienone is 1. The van der Waals surface area contributed by atoms with Crippen LogP contribution in [0.2, 0.25) is 0 Å². The van der Waals surface area contributed by atoms with E-state index < -0.39 is 0 Å². The van der Waals surface area contributed by atoms with Gasteiger partial charge in [-0.05, 0) is 44.2 Å². The van der Waals surface area contributed by atoms with E-state index in [4.69, 9.17) is 4.74 Å². The minimum Gasteiger partial charge on any atom is -0.378 e. The molecular weight excluding hydrogens is 366 g/mol. The van der Waals surface area contributed by atoms with Crippen LogP contribution in [-0.4, -0.2) is 56.1 Å².